The molecular weight excluding hydrogens is 364 g/mol. The van der Waals surface area contributed by atoms with Crippen LogP contribution in [0.2, 0.25) is 0 Å². The molecule has 0 aromatic heterocycles. The third-order valence-corrected chi connectivity index (χ3v) is 4.69. The van der Waals surface area contributed by atoms with Crippen molar-refractivity contribution in [3.05, 3.63) is 60.2 Å². The van der Waals surface area contributed by atoms with Crippen LogP contribution in [0.5, 0.6) is 0 Å². The van der Waals surface area contributed by atoms with Gasteiger partial charge in [0.15, 0.2) is 0 Å². The molecule has 4 nitrogen and oxygen atoms in total. The molecule has 0 aliphatic heterocycles. The lowest BCUT2D eigenvalue weighted by Gasteiger charge is -2.14. The molecule has 0 amide bonds. The van der Waals surface area contributed by atoms with Crippen LogP contribution >= 0.6 is 0 Å². The van der Waals surface area contributed by atoms with E-state index < -0.39 is 5.97 Å². The third-order valence-electron chi connectivity index (χ3n) is 4.69. The van der Waals surface area contributed by atoms with Crippen molar-refractivity contribution in [3.63, 3.8) is 0 Å². The highest BCUT2D eigenvalue weighted by Crippen LogP contribution is 2.14. The van der Waals surface area contributed by atoms with Crippen molar-refractivity contribution in [2.75, 3.05) is 0 Å². The molecular formula is C25H36O4. The van der Waals surface area contributed by atoms with Gasteiger partial charge in [-0.25, -0.2) is 4.79 Å². The van der Waals surface area contributed by atoms with Gasteiger partial charge in [-0.1, -0.05) is 75.5 Å². The van der Waals surface area contributed by atoms with E-state index in [1.54, 1.807) is 12.1 Å². The predicted octanol–water partition coefficient (Wildman–Crippen LogP) is 6.72. The average molecular weight is 401 g/mol. The molecule has 1 aromatic rings. The summed E-state index contributed by atoms with van der Waals surface area (Å²) in [5.74, 6) is -1.03. The second-order valence-electron chi connectivity index (χ2n) is 7.32. The summed E-state index contributed by atoms with van der Waals surface area (Å²) in [6.07, 6.45) is 18.3. The van der Waals surface area contributed by atoms with Crippen LogP contribution in [0.15, 0.2) is 54.6 Å². The molecule has 1 atom stereocenters. The minimum atomic E-state index is -0.731. The predicted molar refractivity (Wildman–Crippen MR) is 118 cm³/mol. The lowest BCUT2D eigenvalue weighted by molar-refractivity contribution is -0.137. The first kappa shape index (κ1) is 24.7. The monoisotopic (exact) mass is 400 g/mol. The van der Waals surface area contributed by atoms with Gasteiger partial charge in [0.05, 0.1) is 5.56 Å². The van der Waals surface area contributed by atoms with Gasteiger partial charge in [-0.05, 0) is 50.3 Å². The molecule has 29 heavy (non-hydrogen) atoms. The Morgan fingerprint density at radius 1 is 0.966 bits per heavy atom. The van der Waals surface area contributed by atoms with Gasteiger partial charge in [-0.3, -0.25) is 4.79 Å². The Hall–Kier alpha value is -2.36. The van der Waals surface area contributed by atoms with Crippen LogP contribution in [0, 0.1) is 0 Å². The van der Waals surface area contributed by atoms with Crippen molar-refractivity contribution in [1.29, 1.82) is 0 Å². The van der Waals surface area contributed by atoms with E-state index in [0.29, 0.717) is 5.56 Å². The largest absolute Gasteiger partial charge is 0.481 e. The SMILES string of the molecule is CCCCCC=CC=CC(CCCCCCCC(=O)O)OC(=O)c1ccccc1. The number of benzene rings is 1. The van der Waals surface area contributed by atoms with E-state index in [0.717, 1.165) is 44.9 Å². The van der Waals surface area contributed by atoms with E-state index in [2.05, 4.69) is 13.0 Å². The van der Waals surface area contributed by atoms with Gasteiger partial charge < -0.3 is 9.84 Å². The standard InChI is InChI=1S/C25H36O4/c1-2-3-4-5-6-8-14-19-23(20-15-9-7-10-16-21-24(26)27)29-25(28)22-17-12-11-13-18-22/h6,8,11-14,17-19,23H,2-5,7,9-10,15-16,20-21H2,1H3,(H,26,27). The van der Waals surface area contributed by atoms with Crippen LogP contribution < -0.4 is 0 Å². The zero-order chi connectivity index (χ0) is 21.2. The Morgan fingerprint density at radius 2 is 1.69 bits per heavy atom. The molecule has 0 radical (unpaired) electrons. The fourth-order valence-electron chi connectivity index (χ4n) is 3.00. The average Bonchev–Trinajstić information content (AvgIpc) is 2.72. The fraction of sp³-hybridized carbons (Fsp3) is 0.520. The number of hydrogen-bond donors (Lipinski definition) is 1. The highest BCUT2D eigenvalue weighted by molar-refractivity contribution is 5.89. The molecule has 160 valence electrons. The van der Waals surface area contributed by atoms with E-state index >= 15 is 0 Å². The summed E-state index contributed by atoms with van der Waals surface area (Å²) in [5, 5.41) is 8.67. The number of aliphatic carboxylic acids is 1. The number of allylic oxidation sites excluding steroid dienone is 3. The van der Waals surface area contributed by atoms with Crippen LogP contribution in [-0.4, -0.2) is 23.1 Å². The Kier molecular flexibility index (Phi) is 14.1. The second-order valence-corrected chi connectivity index (χ2v) is 7.32. The molecule has 0 bridgehead atoms. The van der Waals surface area contributed by atoms with Crippen LogP contribution in [-0.2, 0) is 9.53 Å². The number of rotatable bonds is 16. The summed E-state index contributed by atoms with van der Waals surface area (Å²) in [4.78, 5) is 22.9. The van der Waals surface area contributed by atoms with Crippen molar-refractivity contribution in [3.8, 4) is 0 Å². The van der Waals surface area contributed by atoms with Gasteiger partial charge in [-0.2, -0.15) is 0 Å². The van der Waals surface area contributed by atoms with Gasteiger partial charge in [0.1, 0.15) is 6.10 Å². The normalized spacial score (nSPS) is 12.4. The Morgan fingerprint density at radius 3 is 2.41 bits per heavy atom. The van der Waals surface area contributed by atoms with Crippen molar-refractivity contribution in [2.45, 2.75) is 83.7 Å². The Bertz CT molecular complexity index is 619. The molecule has 0 saturated heterocycles. The molecule has 0 saturated carbocycles. The van der Waals surface area contributed by atoms with Crippen molar-refractivity contribution in [2.24, 2.45) is 0 Å². The van der Waals surface area contributed by atoms with Crippen LogP contribution in [0.25, 0.3) is 0 Å². The number of esters is 1. The highest BCUT2D eigenvalue weighted by atomic mass is 16.5. The molecule has 4 heteroatoms. The lowest BCUT2D eigenvalue weighted by Crippen LogP contribution is -2.16. The van der Waals surface area contributed by atoms with E-state index in [-0.39, 0.29) is 18.5 Å². The van der Waals surface area contributed by atoms with Gasteiger partial charge in [-0.15, -0.1) is 0 Å². The van der Waals surface area contributed by atoms with Crippen LogP contribution in [0.3, 0.4) is 0 Å². The summed E-state index contributed by atoms with van der Waals surface area (Å²) < 4.78 is 5.70. The highest BCUT2D eigenvalue weighted by Gasteiger charge is 2.13. The Balaban J connectivity index is 2.45. The minimum Gasteiger partial charge on any atom is -0.481 e. The van der Waals surface area contributed by atoms with Crippen LogP contribution in [0.4, 0.5) is 0 Å². The molecule has 1 rings (SSSR count). The first-order chi connectivity index (χ1) is 14.1. The summed E-state index contributed by atoms with van der Waals surface area (Å²) >= 11 is 0. The van der Waals surface area contributed by atoms with Crippen molar-refractivity contribution >= 4 is 11.9 Å². The number of carbonyl (C=O) groups is 2. The van der Waals surface area contributed by atoms with E-state index in [4.69, 9.17) is 9.84 Å². The van der Waals surface area contributed by atoms with Gasteiger partial charge >= 0.3 is 11.9 Å². The van der Waals surface area contributed by atoms with Gasteiger partial charge in [0.2, 0.25) is 0 Å². The first-order valence-corrected chi connectivity index (χ1v) is 10.9. The molecule has 1 unspecified atom stereocenters. The quantitative estimate of drug-likeness (QED) is 0.190. The first-order valence-electron chi connectivity index (χ1n) is 10.9. The summed E-state index contributed by atoms with van der Waals surface area (Å²) in [6, 6.07) is 9.06. The number of hydrogen-bond acceptors (Lipinski definition) is 3. The molecule has 0 aliphatic rings. The molecule has 0 heterocycles. The number of carboxylic acids is 1. The van der Waals surface area contributed by atoms with Gasteiger partial charge in [0.25, 0.3) is 0 Å². The molecule has 0 fully saturated rings. The Labute approximate surface area is 175 Å². The van der Waals surface area contributed by atoms with Crippen molar-refractivity contribution < 1.29 is 19.4 Å². The molecule has 1 aromatic carbocycles. The minimum absolute atomic E-state index is 0.241. The summed E-state index contributed by atoms with van der Waals surface area (Å²) in [6.45, 7) is 2.20. The lowest BCUT2D eigenvalue weighted by atomic mass is 10.1. The zero-order valence-electron chi connectivity index (χ0n) is 17.7. The van der Waals surface area contributed by atoms with E-state index in [1.807, 2.05) is 36.4 Å². The van der Waals surface area contributed by atoms with Crippen molar-refractivity contribution in [1.82, 2.24) is 0 Å². The number of unbranched alkanes of at least 4 members (excludes halogenated alkanes) is 7. The summed E-state index contributed by atoms with van der Waals surface area (Å²) in [5.41, 5.74) is 0.565. The smallest absolute Gasteiger partial charge is 0.338 e. The van der Waals surface area contributed by atoms with Crippen LogP contribution in [0.1, 0.15) is 87.9 Å². The number of carbonyl (C=O) groups excluding carboxylic acids is 1. The molecule has 0 aliphatic carbocycles. The zero-order valence-corrected chi connectivity index (χ0v) is 17.7. The fourth-order valence-corrected chi connectivity index (χ4v) is 3.00. The topological polar surface area (TPSA) is 63.6 Å². The molecule has 0 spiro atoms. The third kappa shape index (κ3) is 13.4. The van der Waals surface area contributed by atoms with E-state index in [9.17, 15) is 9.59 Å². The van der Waals surface area contributed by atoms with Gasteiger partial charge in [0, 0.05) is 6.42 Å². The number of carboxylic acid groups (broad SMARTS) is 1. The maximum absolute atomic E-state index is 12.4. The maximum atomic E-state index is 12.4. The maximum Gasteiger partial charge on any atom is 0.338 e. The second kappa shape index (κ2) is 16.6. The molecule has 1 N–H and O–H groups in total. The van der Waals surface area contributed by atoms with E-state index in [1.165, 1.54) is 19.3 Å². The number of ether oxygens (including phenoxy) is 1. The summed E-state index contributed by atoms with van der Waals surface area (Å²) in [7, 11) is 0.